The number of hydrogen-bond acceptors (Lipinski definition) is 0. The topological polar surface area (TPSA) is 0 Å². The van der Waals surface area contributed by atoms with E-state index in [9.17, 15) is 0 Å². The molecule has 0 amide bonds. The van der Waals surface area contributed by atoms with Crippen molar-refractivity contribution in [1.82, 2.24) is 0 Å². The van der Waals surface area contributed by atoms with Gasteiger partial charge < -0.3 is 0 Å². The standard InChI is InChI=1S/C15H23Cl/c1-11-6-7-12(2)13(8-11)9-14(10-16)15(3,4)5/h6-8,14H,9-10H2,1-5H3. The molecule has 0 saturated heterocycles. The molecule has 0 N–H and O–H groups in total. The van der Waals surface area contributed by atoms with Gasteiger partial charge in [-0.3, -0.25) is 0 Å². The SMILES string of the molecule is Cc1ccc(C)c(CC(CCl)C(C)(C)C)c1. The highest BCUT2D eigenvalue weighted by molar-refractivity contribution is 6.18. The van der Waals surface area contributed by atoms with E-state index in [2.05, 4.69) is 52.8 Å². The molecular formula is C15H23Cl. The molecule has 0 spiro atoms. The van der Waals surface area contributed by atoms with E-state index >= 15 is 0 Å². The van der Waals surface area contributed by atoms with Crippen LogP contribution in [0, 0.1) is 25.2 Å². The number of hydrogen-bond donors (Lipinski definition) is 0. The van der Waals surface area contributed by atoms with Crippen molar-refractivity contribution >= 4 is 11.6 Å². The summed E-state index contributed by atoms with van der Waals surface area (Å²) in [4.78, 5) is 0. The van der Waals surface area contributed by atoms with Gasteiger partial charge in [0.05, 0.1) is 0 Å². The lowest BCUT2D eigenvalue weighted by atomic mass is 9.78. The number of benzene rings is 1. The van der Waals surface area contributed by atoms with Crippen LogP contribution >= 0.6 is 11.6 Å². The maximum atomic E-state index is 6.09. The molecule has 1 unspecified atom stereocenters. The highest BCUT2D eigenvalue weighted by Gasteiger charge is 2.24. The van der Waals surface area contributed by atoms with Crippen LogP contribution in [-0.2, 0) is 6.42 Å². The smallest absolute Gasteiger partial charge is 0.0259 e. The van der Waals surface area contributed by atoms with Gasteiger partial charge in [-0.05, 0) is 42.7 Å². The third-order valence-electron chi connectivity index (χ3n) is 3.38. The van der Waals surface area contributed by atoms with Crippen molar-refractivity contribution in [1.29, 1.82) is 0 Å². The second-order valence-corrected chi connectivity index (χ2v) is 6.16. The number of rotatable bonds is 3. The lowest BCUT2D eigenvalue weighted by molar-refractivity contribution is 0.263. The second kappa shape index (κ2) is 5.23. The van der Waals surface area contributed by atoms with E-state index in [1.54, 1.807) is 0 Å². The Hall–Kier alpha value is -0.490. The summed E-state index contributed by atoms with van der Waals surface area (Å²) in [7, 11) is 0. The monoisotopic (exact) mass is 238 g/mol. The van der Waals surface area contributed by atoms with Gasteiger partial charge in [0.15, 0.2) is 0 Å². The van der Waals surface area contributed by atoms with Gasteiger partial charge in [-0.15, -0.1) is 11.6 Å². The summed E-state index contributed by atoms with van der Waals surface area (Å²) in [6.45, 7) is 11.1. The molecule has 1 heteroatoms. The minimum atomic E-state index is 0.276. The maximum absolute atomic E-state index is 6.09. The lowest BCUT2D eigenvalue weighted by Crippen LogP contribution is -2.24. The minimum Gasteiger partial charge on any atom is -0.126 e. The normalized spacial score (nSPS) is 13.9. The first-order valence-electron chi connectivity index (χ1n) is 5.96. The summed E-state index contributed by atoms with van der Waals surface area (Å²) in [6, 6.07) is 6.67. The van der Waals surface area contributed by atoms with E-state index in [0.717, 1.165) is 12.3 Å². The molecule has 0 aromatic heterocycles. The van der Waals surface area contributed by atoms with E-state index in [4.69, 9.17) is 11.6 Å². The van der Waals surface area contributed by atoms with E-state index in [1.807, 2.05) is 0 Å². The highest BCUT2D eigenvalue weighted by Crippen LogP contribution is 2.31. The molecule has 1 aromatic carbocycles. The minimum absolute atomic E-state index is 0.276. The van der Waals surface area contributed by atoms with Gasteiger partial charge in [0.2, 0.25) is 0 Å². The molecule has 0 aliphatic rings. The van der Waals surface area contributed by atoms with Crippen LogP contribution in [0.15, 0.2) is 18.2 Å². The Morgan fingerprint density at radius 1 is 1.19 bits per heavy atom. The third-order valence-corrected chi connectivity index (χ3v) is 3.75. The van der Waals surface area contributed by atoms with Gasteiger partial charge in [0, 0.05) is 5.88 Å². The summed E-state index contributed by atoms with van der Waals surface area (Å²) in [5.41, 5.74) is 4.44. The van der Waals surface area contributed by atoms with Gasteiger partial charge >= 0.3 is 0 Å². The first kappa shape index (κ1) is 13.6. The number of halogens is 1. The first-order valence-corrected chi connectivity index (χ1v) is 6.50. The summed E-state index contributed by atoms with van der Waals surface area (Å²) in [6.07, 6.45) is 1.08. The molecule has 0 saturated carbocycles. The quantitative estimate of drug-likeness (QED) is 0.667. The van der Waals surface area contributed by atoms with Gasteiger partial charge in [-0.2, -0.15) is 0 Å². The summed E-state index contributed by atoms with van der Waals surface area (Å²) >= 11 is 6.09. The first-order chi connectivity index (χ1) is 7.34. The fraction of sp³-hybridized carbons (Fsp3) is 0.600. The molecule has 1 aromatic rings. The van der Waals surface area contributed by atoms with Crippen molar-refractivity contribution in [3.63, 3.8) is 0 Å². The van der Waals surface area contributed by atoms with Crippen molar-refractivity contribution in [2.24, 2.45) is 11.3 Å². The molecule has 0 nitrogen and oxygen atoms in total. The summed E-state index contributed by atoms with van der Waals surface area (Å²) in [5.74, 6) is 1.27. The van der Waals surface area contributed by atoms with Crippen LogP contribution in [0.5, 0.6) is 0 Å². The predicted molar refractivity (Wildman–Crippen MR) is 73.3 cm³/mol. The molecule has 0 aliphatic carbocycles. The van der Waals surface area contributed by atoms with Crippen molar-refractivity contribution in [2.45, 2.75) is 41.0 Å². The molecule has 0 aliphatic heterocycles. The molecule has 0 fully saturated rings. The van der Waals surface area contributed by atoms with E-state index in [0.29, 0.717) is 5.92 Å². The largest absolute Gasteiger partial charge is 0.126 e. The van der Waals surface area contributed by atoms with Crippen LogP contribution in [0.2, 0.25) is 0 Å². The molecule has 90 valence electrons. The predicted octanol–water partition coefficient (Wildman–Crippen LogP) is 4.75. The average molecular weight is 239 g/mol. The molecular weight excluding hydrogens is 216 g/mol. The van der Waals surface area contributed by atoms with E-state index < -0.39 is 0 Å². The second-order valence-electron chi connectivity index (χ2n) is 5.85. The Morgan fingerprint density at radius 3 is 2.31 bits per heavy atom. The fourth-order valence-electron chi connectivity index (χ4n) is 1.88. The Morgan fingerprint density at radius 2 is 1.81 bits per heavy atom. The summed E-state index contributed by atoms with van der Waals surface area (Å²) in [5, 5.41) is 0. The fourth-order valence-corrected chi connectivity index (χ4v) is 2.45. The van der Waals surface area contributed by atoms with Gasteiger partial charge in [0.1, 0.15) is 0 Å². The third kappa shape index (κ3) is 3.52. The zero-order valence-electron chi connectivity index (χ0n) is 11.1. The Kier molecular flexibility index (Phi) is 4.43. The highest BCUT2D eigenvalue weighted by atomic mass is 35.5. The van der Waals surface area contributed by atoms with Crippen molar-refractivity contribution in [3.8, 4) is 0 Å². The van der Waals surface area contributed by atoms with E-state index in [1.165, 1.54) is 16.7 Å². The van der Waals surface area contributed by atoms with Crippen molar-refractivity contribution in [2.75, 3.05) is 5.88 Å². The molecule has 0 radical (unpaired) electrons. The Balaban J connectivity index is 2.90. The van der Waals surface area contributed by atoms with Crippen LogP contribution < -0.4 is 0 Å². The van der Waals surface area contributed by atoms with Gasteiger partial charge in [0.25, 0.3) is 0 Å². The number of aryl methyl sites for hydroxylation is 2. The van der Waals surface area contributed by atoms with Crippen LogP contribution in [0.25, 0.3) is 0 Å². The molecule has 16 heavy (non-hydrogen) atoms. The van der Waals surface area contributed by atoms with Crippen molar-refractivity contribution in [3.05, 3.63) is 34.9 Å². The average Bonchev–Trinajstić information content (AvgIpc) is 2.17. The molecule has 0 bridgehead atoms. The van der Waals surface area contributed by atoms with Gasteiger partial charge in [-0.1, -0.05) is 44.5 Å². The zero-order valence-corrected chi connectivity index (χ0v) is 11.9. The van der Waals surface area contributed by atoms with Crippen LogP contribution in [0.4, 0.5) is 0 Å². The molecule has 0 heterocycles. The lowest BCUT2D eigenvalue weighted by Gasteiger charge is -2.29. The van der Waals surface area contributed by atoms with Crippen molar-refractivity contribution < 1.29 is 0 Å². The Bertz CT molecular complexity index is 347. The van der Waals surface area contributed by atoms with Crippen LogP contribution in [0.1, 0.15) is 37.5 Å². The summed E-state index contributed by atoms with van der Waals surface area (Å²) < 4.78 is 0. The van der Waals surface area contributed by atoms with Crippen LogP contribution in [-0.4, -0.2) is 5.88 Å². The Labute approximate surface area is 105 Å². The van der Waals surface area contributed by atoms with E-state index in [-0.39, 0.29) is 5.41 Å². The molecule has 1 rings (SSSR count). The van der Waals surface area contributed by atoms with Crippen LogP contribution in [0.3, 0.4) is 0 Å². The van der Waals surface area contributed by atoms with Gasteiger partial charge in [-0.25, -0.2) is 0 Å². The molecule has 1 atom stereocenters. The maximum Gasteiger partial charge on any atom is 0.0259 e. The zero-order chi connectivity index (χ0) is 12.3. The number of alkyl halides is 1.